The Morgan fingerprint density at radius 2 is 2.00 bits per heavy atom. The molecule has 1 rings (SSSR count). The first-order valence-electron chi connectivity index (χ1n) is 6.45. The highest BCUT2D eigenvalue weighted by molar-refractivity contribution is 6.00. The van der Waals surface area contributed by atoms with Gasteiger partial charge in [0.15, 0.2) is 0 Å². The fraction of sp³-hybridized carbons (Fsp3) is 0.429. The number of likely N-dealkylation sites (N-methyl/N-ethyl adjacent to an activating group) is 1. The molecule has 0 spiro atoms. The Bertz CT molecular complexity index is 540. The Kier molecular flexibility index (Phi) is 5.26. The molecule has 0 bridgehead atoms. The number of aromatic carboxylic acids is 1. The number of nitrogens with zero attached hydrogens (tertiary/aromatic N) is 1. The summed E-state index contributed by atoms with van der Waals surface area (Å²) < 4.78 is 13.1. The number of benzene rings is 1. The van der Waals surface area contributed by atoms with Gasteiger partial charge in [-0.3, -0.25) is 0 Å². The summed E-state index contributed by atoms with van der Waals surface area (Å²) in [4.78, 5) is 24.5. The quantitative estimate of drug-likeness (QED) is 0.777. The normalized spacial score (nSPS) is 11.1. The van der Waals surface area contributed by atoms with Crippen LogP contribution in [0.4, 0.5) is 14.9 Å². The van der Waals surface area contributed by atoms with Crippen molar-refractivity contribution in [1.29, 1.82) is 0 Å². The van der Waals surface area contributed by atoms with Gasteiger partial charge in [0.05, 0.1) is 23.4 Å². The topological polar surface area (TPSA) is 89.9 Å². The van der Waals surface area contributed by atoms with Crippen LogP contribution in [-0.2, 0) is 0 Å². The van der Waals surface area contributed by atoms with E-state index in [1.807, 2.05) is 0 Å². The van der Waals surface area contributed by atoms with Crippen LogP contribution in [0.5, 0.6) is 0 Å². The van der Waals surface area contributed by atoms with Crippen LogP contribution in [0.25, 0.3) is 0 Å². The van der Waals surface area contributed by atoms with E-state index in [4.69, 9.17) is 5.11 Å². The van der Waals surface area contributed by atoms with Crippen molar-refractivity contribution < 1.29 is 24.2 Å². The molecule has 0 radical (unpaired) electrons. The van der Waals surface area contributed by atoms with E-state index in [1.165, 1.54) is 11.0 Å². The van der Waals surface area contributed by atoms with E-state index in [2.05, 4.69) is 5.32 Å². The summed E-state index contributed by atoms with van der Waals surface area (Å²) in [5, 5.41) is 21.2. The van der Waals surface area contributed by atoms with Crippen molar-refractivity contribution in [3.8, 4) is 0 Å². The summed E-state index contributed by atoms with van der Waals surface area (Å²) in [6.07, 6.45) is 0. The highest BCUT2D eigenvalue weighted by Gasteiger charge is 2.22. The predicted octanol–water partition coefficient (Wildman–Crippen LogP) is 2.15. The third-order valence-corrected chi connectivity index (χ3v) is 2.70. The monoisotopic (exact) mass is 298 g/mol. The maximum absolute atomic E-state index is 13.1. The Morgan fingerprint density at radius 3 is 2.48 bits per heavy atom. The largest absolute Gasteiger partial charge is 0.478 e. The minimum absolute atomic E-state index is 0.00287. The number of anilines is 1. The minimum atomic E-state index is -1.34. The second kappa shape index (κ2) is 6.53. The maximum atomic E-state index is 13.1. The number of urea groups is 1. The highest BCUT2D eigenvalue weighted by Crippen LogP contribution is 2.18. The van der Waals surface area contributed by atoms with Crippen molar-refractivity contribution in [3.63, 3.8) is 0 Å². The SMILES string of the molecule is CCN(CC(C)(C)O)C(=O)Nc1ccc(F)cc1C(=O)O. The van der Waals surface area contributed by atoms with Crippen LogP contribution in [0.2, 0.25) is 0 Å². The summed E-state index contributed by atoms with van der Waals surface area (Å²) >= 11 is 0. The highest BCUT2D eigenvalue weighted by atomic mass is 19.1. The average Bonchev–Trinajstić information content (AvgIpc) is 2.36. The maximum Gasteiger partial charge on any atom is 0.337 e. The van der Waals surface area contributed by atoms with Crippen LogP contribution in [0.1, 0.15) is 31.1 Å². The number of aliphatic hydroxyl groups is 1. The van der Waals surface area contributed by atoms with Crippen LogP contribution in [0.15, 0.2) is 18.2 Å². The van der Waals surface area contributed by atoms with E-state index in [0.717, 1.165) is 12.1 Å². The molecule has 0 fully saturated rings. The van der Waals surface area contributed by atoms with Gasteiger partial charge in [0.25, 0.3) is 0 Å². The number of rotatable bonds is 5. The number of carboxylic acid groups (broad SMARTS) is 1. The fourth-order valence-corrected chi connectivity index (χ4v) is 1.79. The zero-order chi connectivity index (χ0) is 16.2. The Hall–Kier alpha value is -2.15. The molecule has 0 aromatic heterocycles. The second-order valence-corrected chi connectivity index (χ2v) is 5.25. The van der Waals surface area contributed by atoms with Gasteiger partial charge in [-0.1, -0.05) is 0 Å². The van der Waals surface area contributed by atoms with Crippen LogP contribution < -0.4 is 5.32 Å². The van der Waals surface area contributed by atoms with Crippen LogP contribution in [-0.4, -0.2) is 45.8 Å². The van der Waals surface area contributed by atoms with E-state index in [0.29, 0.717) is 6.54 Å². The second-order valence-electron chi connectivity index (χ2n) is 5.25. The van der Waals surface area contributed by atoms with Gasteiger partial charge in [0.1, 0.15) is 5.82 Å². The Balaban J connectivity index is 2.94. The lowest BCUT2D eigenvalue weighted by atomic mass is 10.1. The standard InChI is InChI=1S/C14H19FN2O4/c1-4-17(8-14(2,3)21)13(20)16-11-6-5-9(15)7-10(11)12(18)19/h5-7,21H,4,8H2,1-3H3,(H,16,20)(H,18,19). The van der Waals surface area contributed by atoms with Crippen LogP contribution >= 0.6 is 0 Å². The van der Waals surface area contributed by atoms with Gasteiger partial charge in [0, 0.05) is 6.54 Å². The van der Waals surface area contributed by atoms with E-state index in [-0.39, 0.29) is 17.8 Å². The fourth-order valence-electron chi connectivity index (χ4n) is 1.79. The Morgan fingerprint density at radius 1 is 1.38 bits per heavy atom. The number of halogens is 1. The van der Waals surface area contributed by atoms with Crippen molar-refractivity contribution in [2.24, 2.45) is 0 Å². The van der Waals surface area contributed by atoms with Gasteiger partial charge < -0.3 is 20.4 Å². The van der Waals surface area contributed by atoms with Gasteiger partial charge >= 0.3 is 12.0 Å². The number of amides is 2. The van der Waals surface area contributed by atoms with Crippen molar-refractivity contribution in [2.75, 3.05) is 18.4 Å². The number of nitrogens with one attached hydrogen (secondary N) is 1. The summed E-state index contributed by atoms with van der Waals surface area (Å²) in [7, 11) is 0. The van der Waals surface area contributed by atoms with Gasteiger partial charge in [-0.15, -0.1) is 0 Å². The van der Waals surface area contributed by atoms with Gasteiger partial charge in [-0.25, -0.2) is 14.0 Å². The van der Waals surface area contributed by atoms with Gasteiger partial charge in [-0.2, -0.15) is 0 Å². The van der Waals surface area contributed by atoms with E-state index >= 15 is 0 Å². The van der Waals surface area contributed by atoms with Crippen molar-refractivity contribution in [2.45, 2.75) is 26.4 Å². The molecule has 0 aliphatic carbocycles. The summed E-state index contributed by atoms with van der Waals surface area (Å²) in [5.41, 5.74) is -1.41. The molecule has 1 aromatic rings. The molecule has 7 heteroatoms. The lowest BCUT2D eigenvalue weighted by Crippen LogP contribution is -2.44. The number of hydrogen-bond acceptors (Lipinski definition) is 3. The molecule has 3 N–H and O–H groups in total. The van der Waals surface area contributed by atoms with E-state index in [9.17, 15) is 19.1 Å². The lowest BCUT2D eigenvalue weighted by Gasteiger charge is -2.28. The first kappa shape index (κ1) is 16.9. The molecule has 0 aliphatic rings. The number of carboxylic acids is 1. The molecule has 0 saturated heterocycles. The van der Waals surface area contributed by atoms with Crippen LogP contribution in [0, 0.1) is 5.82 Å². The van der Waals surface area contributed by atoms with Crippen molar-refractivity contribution >= 4 is 17.7 Å². The van der Waals surface area contributed by atoms with Crippen molar-refractivity contribution in [1.82, 2.24) is 4.90 Å². The van der Waals surface area contributed by atoms with Gasteiger partial charge in [0.2, 0.25) is 0 Å². The third-order valence-electron chi connectivity index (χ3n) is 2.70. The van der Waals surface area contributed by atoms with Gasteiger partial charge in [-0.05, 0) is 39.0 Å². The summed E-state index contributed by atoms with van der Waals surface area (Å²) in [6.45, 7) is 5.26. The molecule has 116 valence electrons. The molecule has 1 aromatic carbocycles. The molecule has 0 saturated carbocycles. The zero-order valence-corrected chi connectivity index (χ0v) is 12.2. The molecule has 2 amide bonds. The third kappa shape index (κ3) is 5.03. The summed E-state index contributed by atoms with van der Waals surface area (Å²) in [6, 6.07) is 2.53. The van der Waals surface area contributed by atoms with Crippen LogP contribution in [0.3, 0.4) is 0 Å². The predicted molar refractivity (Wildman–Crippen MR) is 75.9 cm³/mol. The lowest BCUT2D eigenvalue weighted by molar-refractivity contribution is 0.0500. The number of carbonyl (C=O) groups is 2. The molecule has 6 nitrogen and oxygen atoms in total. The first-order valence-corrected chi connectivity index (χ1v) is 6.45. The molecule has 0 atom stereocenters. The first-order chi connectivity index (χ1) is 9.64. The molecule has 0 heterocycles. The molecule has 21 heavy (non-hydrogen) atoms. The molecular formula is C14H19FN2O4. The number of carbonyl (C=O) groups excluding carboxylic acids is 1. The zero-order valence-electron chi connectivity index (χ0n) is 12.2. The van der Waals surface area contributed by atoms with Crippen molar-refractivity contribution in [3.05, 3.63) is 29.6 Å². The van der Waals surface area contributed by atoms with E-state index < -0.39 is 23.4 Å². The molecular weight excluding hydrogens is 279 g/mol. The summed E-state index contributed by atoms with van der Waals surface area (Å²) in [5.74, 6) is -2.04. The number of hydrogen-bond donors (Lipinski definition) is 3. The molecule has 0 unspecified atom stereocenters. The average molecular weight is 298 g/mol. The molecule has 0 aliphatic heterocycles. The Labute approximate surface area is 122 Å². The van der Waals surface area contributed by atoms with E-state index in [1.54, 1.807) is 20.8 Å². The smallest absolute Gasteiger partial charge is 0.337 e. The minimum Gasteiger partial charge on any atom is -0.478 e.